The summed E-state index contributed by atoms with van der Waals surface area (Å²) >= 11 is 1.54. The van der Waals surface area contributed by atoms with Gasteiger partial charge in [0.05, 0.1) is 15.6 Å². The molecule has 2 nitrogen and oxygen atoms in total. The Morgan fingerprint density at radius 3 is 2.93 bits per heavy atom. The normalized spacial score (nSPS) is 10.6. The van der Waals surface area contributed by atoms with E-state index >= 15 is 0 Å². The minimum Gasteiger partial charge on any atom is -0.325 e. The van der Waals surface area contributed by atoms with E-state index in [0.29, 0.717) is 6.54 Å². The molecule has 0 spiro atoms. The van der Waals surface area contributed by atoms with Gasteiger partial charge < -0.3 is 5.73 Å². The average molecular weight is 222 g/mol. The maximum absolute atomic E-state index is 13.0. The largest absolute Gasteiger partial charge is 0.325 e. The lowest BCUT2D eigenvalue weighted by Crippen LogP contribution is -1.98. The number of hydrogen-bond acceptors (Lipinski definition) is 3. The van der Waals surface area contributed by atoms with E-state index in [1.165, 1.54) is 12.1 Å². The van der Waals surface area contributed by atoms with Crippen LogP contribution < -0.4 is 5.73 Å². The molecule has 0 aliphatic rings. The van der Waals surface area contributed by atoms with E-state index in [2.05, 4.69) is 4.98 Å². The quantitative estimate of drug-likeness (QED) is 0.848. The smallest absolute Gasteiger partial charge is 0.123 e. The second kappa shape index (κ2) is 4.08. The highest BCUT2D eigenvalue weighted by Crippen LogP contribution is 2.30. The Hall–Kier alpha value is -1.26. The van der Waals surface area contributed by atoms with Crippen LogP contribution in [0.1, 0.15) is 10.7 Å². The van der Waals surface area contributed by atoms with Crippen LogP contribution in [0.5, 0.6) is 0 Å². The van der Waals surface area contributed by atoms with Crippen LogP contribution in [0.15, 0.2) is 24.3 Å². The highest BCUT2D eigenvalue weighted by Gasteiger charge is 2.09. The van der Waals surface area contributed by atoms with Crippen LogP contribution in [-0.4, -0.2) is 4.98 Å². The van der Waals surface area contributed by atoms with Crippen molar-refractivity contribution in [2.24, 2.45) is 5.73 Å². The Bertz CT molecular complexity index is 479. The van der Waals surface area contributed by atoms with Crippen molar-refractivity contribution in [1.29, 1.82) is 0 Å². The molecule has 0 saturated heterocycles. The fraction of sp³-hybridized carbons (Fsp3) is 0.182. The number of hydrogen-bond donors (Lipinski definition) is 1. The van der Waals surface area contributed by atoms with Gasteiger partial charge in [-0.2, -0.15) is 0 Å². The van der Waals surface area contributed by atoms with E-state index < -0.39 is 0 Å². The monoisotopic (exact) mass is 222 g/mol. The van der Waals surface area contributed by atoms with Gasteiger partial charge >= 0.3 is 0 Å². The molecule has 1 aromatic heterocycles. The van der Waals surface area contributed by atoms with Crippen molar-refractivity contribution in [3.8, 4) is 10.4 Å². The van der Waals surface area contributed by atoms with Gasteiger partial charge in [0.25, 0.3) is 0 Å². The summed E-state index contributed by atoms with van der Waals surface area (Å²) < 4.78 is 13.0. The number of rotatable bonds is 2. The zero-order chi connectivity index (χ0) is 10.8. The molecule has 0 fully saturated rings. The summed E-state index contributed by atoms with van der Waals surface area (Å²) in [6.45, 7) is 2.31. The summed E-state index contributed by atoms with van der Waals surface area (Å²) in [5.74, 6) is -0.235. The van der Waals surface area contributed by atoms with Crippen LogP contribution in [0.2, 0.25) is 0 Å². The maximum Gasteiger partial charge on any atom is 0.123 e. The molecular weight excluding hydrogens is 211 g/mol. The molecule has 0 unspecified atom stereocenters. The molecule has 0 radical (unpaired) electrons. The Kier molecular flexibility index (Phi) is 2.79. The molecule has 15 heavy (non-hydrogen) atoms. The summed E-state index contributed by atoms with van der Waals surface area (Å²) in [6.07, 6.45) is 0. The molecule has 0 aliphatic heterocycles. The van der Waals surface area contributed by atoms with Crippen molar-refractivity contribution < 1.29 is 4.39 Å². The Balaban J connectivity index is 2.53. The minimum absolute atomic E-state index is 0.235. The van der Waals surface area contributed by atoms with Gasteiger partial charge in [-0.3, -0.25) is 0 Å². The molecule has 0 amide bonds. The van der Waals surface area contributed by atoms with Gasteiger partial charge in [-0.05, 0) is 24.6 Å². The van der Waals surface area contributed by atoms with Crippen LogP contribution in [-0.2, 0) is 6.54 Å². The third-order valence-electron chi connectivity index (χ3n) is 2.08. The topological polar surface area (TPSA) is 38.9 Å². The van der Waals surface area contributed by atoms with Gasteiger partial charge in [0.1, 0.15) is 5.82 Å². The fourth-order valence-corrected chi connectivity index (χ4v) is 2.41. The number of aryl methyl sites for hydroxylation is 1. The minimum atomic E-state index is -0.235. The van der Waals surface area contributed by atoms with E-state index in [1.807, 2.05) is 13.0 Å². The van der Waals surface area contributed by atoms with Gasteiger partial charge in [-0.25, -0.2) is 9.37 Å². The van der Waals surface area contributed by atoms with E-state index in [9.17, 15) is 4.39 Å². The number of nitrogens with zero attached hydrogens (tertiary/aromatic N) is 1. The van der Waals surface area contributed by atoms with Crippen LogP contribution in [0.4, 0.5) is 4.39 Å². The van der Waals surface area contributed by atoms with E-state index in [-0.39, 0.29) is 5.82 Å². The molecule has 2 N–H and O–H groups in total. The SMILES string of the molecule is Cc1nc(CN)c(-c2cccc(F)c2)s1. The molecule has 2 rings (SSSR count). The zero-order valence-electron chi connectivity index (χ0n) is 8.33. The van der Waals surface area contributed by atoms with Crippen molar-refractivity contribution in [2.45, 2.75) is 13.5 Å². The second-order valence-electron chi connectivity index (χ2n) is 3.22. The van der Waals surface area contributed by atoms with Crippen molar-refractivity contribution in [1.82, 2.24) is 4.98 Å². The number of aromatic nitrogens is 1. The summed E-state index contributed by atoms with van der Waals surface area (Å²) in [7, 11) is 0. The maximum atomic E-state index is 13.0. The van der Waals surface area contributed by atoms with E-state index in [1.54, 1.807) is 17.4 Å². The highest BCUT2D eigenvalue weighted by atomic mass is 32.1. The first-order valence-corrected chi connectivity index (χ1v) is 5.44. The van der Waals surface area contributed by atoms with Crippen molar-refractivity contribution in [3.63, 3.8) is 0 Å². The summed E-state index contributed by atoms with van der Waals surface area (Å²) in [6, 6.07) is 6.50. The lowest BCUT2D eigenvalue weighted by molar-refractivity contribution is 0.628. The molecule has 4 heteroatoms. The van der Waals surface area contributed by atoms with Gasteiger partial charge in [-0.15, -0.1) is 11.3 Å². The summed E-state index contributed by atoms with van der Waals surface area (Å²) in [4.78, 5) is 5.27. The fourth-order valence-electron chi connectivity index (χ4n) is 1.46. The Labute approximate surface area is 91.6 Å². The van der Waals surface area contributed by atoms with E-state index in [4.69, 9.17) is 5.73 Å². The average Bonchev–Trinajstić information content (AvgIpc) is 2.59. The molecule has 0 bridgehead atoms. The molecule has 78 valence electrons. The molecule has 0 atom stereocenters. The van der Waals surface area contributed by atoms with Gasteiger partial charge in [0.2, 0.25) is 0 Å². The van der Waals surface area contributed by atoms with Crippen LogP contribution in [0.25, 0.3) is 10.4 Å². The number of nitrogens with two attached hydrogens (primary N) is 1. The van der Waals surface area contributed by atoms with E-state index in [0.717, 1.165) is 21.1 Å². The van der Waals surface area contributed by atoms with Gasteiger partial charge in [0.15, 0.2) is 0 Å². The molecule has 0 saturated carbocycles. The number of thiazole rings is 1. The lowest BCUT2D eigenvalue weighted by Gasteiger charge is -1.99. The Morgan fingerprint density at radius 1 is 1.47 bits per heavy atom. The van der Waals surface area contributed by atoms with Crippen molar-refractivity contribution in [2.75, 3.05) is 0 Å². The standard InChI is InChI=1S/C11H11FN2S/c1-7-14-10(6-13)11(15-7)8-3-2-4-9(12)5-8/h2-5H,6,13H2,1H3. The van der Waals surface area contributed by atoms with Crippen LogP contribution in [0, 0.1) is 12.7 Å². The third-order valence-corrected chi connectivity index (χ3v) is 3.15. The molecule has 2 aromatic rings. The zero-order valence-corrected chi connectivity index (χ0v) is 9.14. The second-order valence-corrected chi connectivity index (χ2v) is 4.43. The first kappa shape index (κ1) is 10.3. The molecule has 1 heterocycles. The summed E-state index contributed by atoms with van der Waals surface area (Å²) in [5.41, 5.74) is 7.27. The number of halogens is 1. The van der Waals surface area contributed by atoms with Crippen LogP contribution in [0.3, 0.4) is 0 Å². The Morgan fingerprint density at radius 2 is 2.27 bits per heavy atom. The predicted octanol–water partition coefficient (Wildman–Crippen LogP) is 2.72. The van der Waals surface area contributed by atoms with Crippen molar-refractivity contribution in [3.05, 3.63) is 40.8 Å². The first-order chi connectivity index (χ1) is 7.20. The molecule has 1 aromatic carbocycles. The number of benzene rings is 1. The lowest BCUT2D eigenvalue weighted by atomic mass is 10.1. The molecule has 0 aliphatic carbocycles. The highest BCUT2D eigenvalue weighted by molar-refractivity contribution is 7.15. The van der Waals surface area contributed by atoms with Crippen molar-refractivity contribution >= 4 is 11.3 Å². The molecular formula is C11H11FN2S. The predicted molar refractivity (Wildman–Crippen MR) is 60.1 cm³/mol. The van der Waals surface area contributed by atoms with Crippen LogP contribution >= 0.6 is 11.3 Å². The van der Waals surface area contributed by atoms with Gasteiger partial charge in [0, 0.05) is 6.54 Å². The third kappa shape index (κ3) is 2.06. The van der Waals surface area contributed by atoms with Gasteiger partial charge in [-0.1, -0.05) is 12.1 Å². The summed E-state index contributed by atoms with van der Waals surface area (Å²) in [5, 5.41) is 0.953. The first-order valence-electron chi connectivity index (χ1n) is 4.63.